The molecule has 8 atom stereocenters. The van der Waals surface area contributed by atoms with Crippen molar-refractivity contribution < 1.29 is 0 Å². The van der Waals surface area contributed by atoms with E-state index in [4.69, 9.17) is 0 Å². The molecule has 5 aromatic rings. The van der Waals surface area contributed by atoms with Gasteiger partial charge in [0.15, 0.2) is 0 Å². The van der Waals surface area contributed by atoms with E-state index in [0.717, 1.165) is 0 Å². The number of para-hydroxylation sites is 4. The van der Waals surface area contributed by atoms with Crippen molar-refractivity contribution in [3.63, 3.8) is 0 Å². The number of hydrogen-bond acceptors (Lipinski definition) is 4. The number of hydrogen-bond donors (Lipinski definition) is 0. The maximum Gasteiger partial charge on any atom is 0.0642 e. The first-order valence-electron chi connectivity index (χ1n) is 23.6. The summed E-state index contributed by atoms with van der Waals surface area (Å²) in [5.41, 5.74) is 16.3. The number of rotatable bonds is 8. The van der Waals surface area contributed by atoms with Crippen molar-refractivity contribution in [3.05, 3.63) is 238 Å². The molecular weight excluding hydrogens is 841 g/mol. The Morgan fingerprint density at radius 1 is 0.439 bits per heavy atom. The summed E-state index contributed by atoms with van der Waals surface area (Å²) in [7, 11) is -1.89. The van der Waals surface area contributed by atoms with Gasteiger partial charge in [0.05, 0.1) is 29.9 Å². The summed E-state index contributed by atoms with van der Waals surface area (Å²) in [6.07, 6.45) is 40.7. The zero-order valence-electron chi connectivity index (χ0n) is 38.7. The summed E-state index contributed by atoms with van der Waals surface area (Å²) in [5.74, 6) is 1.04. The molecule has 0 spiro atoms. The van der Waals surface area contributed by atoms with Crippen molar-refractivity contribution in [2.45, 2.75) is 36.0 Å². The van der Waals surface area contributed by atoms with E-state index in [1.807, 2.05) is 0 Å². The molecule has 0 radical (unpaired) electrons. The first-order valence-corrected chi connectivity index (χ1v) is 29.3. The van der Waals surface area contributed by atoms with Gasteiger partial charge in [0.25, 0.3) is 0 Å². The van der Waals surface area contributed by atoms with Crippen LogP contribution in [0.1, 0.15) is 23.0 Å². The van der Waals surface area contributed by atoms with Crippen LogP contribution in [-0.4, -0.2) is 66.6 Å². The van der Waals surface area contributed by atoms with E-state index in [0.29, 0.717) is 0 Å². The predicted molar refractivity (Wildman–Crippen MR) is 286 cm³/mol. The topological polar surface area (TPSA) is 13.0 Å². The number of allylic oxidation sites excluding steroid dienone is 4. The average Bonchev–Trinajstić information content (AvgIpc) is 4.05. The highest BCUT2D eigenvalue weighted by Crippen LogP contribution is 2.65. The van der Waals surface area contributed by atoms with Gasteiger partial charge in [-0.3, -0.25) is 0 Å². The van der Waals surface area contributed by atoms with Crippen molar-refractivity contribution >= 4 is 54.2 Å². The normalized spacial score (nSPS) is 27.5. The van der Waals surface area contributed by atoms with Gasteiger partial charge in [0.2, 0.25) is 0 Å². The molecular formula is C60H58N4S2. The number of fused-ring (bicyclic) bond motifs is 12. The molecule has 0 bridgehead atoms. The Morgan fingerprint density at radius 2 is 0.970 bits per heavy atom. The van der Waals surface area contributed by atoms with Gasteiger partial charge in [-0.1, -0.05) is 127 Å². The van der Waals surface area contributed by atoms with Gasteiger partial charge in [-0.2, -0.15) is 0 Å². The third-order valence-corrected chi connectivity index (χ3v) is 18.9. The first kappa shape index (κ1) is 40.2. The number of benzene rings is 5. The van der Waals surface area contributed by atoms with Crippen LogP contribution in [0.5, 0.6) is 0 Å². The third kappa shape index (κ3) is 5.93. The Hall–Kier alpha value is -6.08. The largest absolute Gasteiger partial charge is 0.356 e. The molecule has 330 valence electrons. The fourth-order valence-electron chi connectivity index (χ4n) is 12.7. The molecule has 4 heterocycles. The SMILES string of the molecule is CS(C)(C)C1=CC2C3=C(N(c4ccccc4)c4ccccc4)C=CC4C5=CC6C(C=C5N(C2C=C1)C34)c1ccc(N(c2ccccc2)c2ccccc2)c2c1N6C1C=C(S(C)(C)C)C=CC21. The summed E-state index contributed by atoms with van der Waals surface area (Å²) in [4.78, 5) is 13.8. The van der Waals surface area contributed by atoms with Crippen LogP contribution in [0.25, 0.3) is 0 Å². The molecule has 66 heavy (non-hydrogen) atoms. The van der Waals surface area contributed by atoms with Crippen LogP contribution in [0.4, 0.5) is 34.1 Å². The second kappa shape index (κ2) is 14.7. The lowest BCUT2D eigenvalue weighted by Crippen LogP contribution is -2.41. The molecule has 2 fully saturated rings. The molecule has 8 unspecified atom stereocenters. The highest BCUT2D eigenvalue weighted by molar-refractivity contribution is 8.35. The Morgan fingerprint density at radius 3 is 1.56 bits per heavy atom. The van der Waals surface area contributed by atoms with E-state index in [-0.39, 0.29) is 47.8 Å². The van der Waals surface area contributed by atoms with Gasteiger partial charge in [-0.05, 0) is 131 Å². The fraction of sp³-hybridized carbons (Fsp3) is 0.233. The Bertz CT molecular complexity index is 2980. The molecule has 0 N–H and O–H groups in total. The molecule has 4 aliphatic heterocycles. The second-order valence-electron chi connectivity index (χ2n) is 20.7. The summed E-state index contributed by atoms with van der Waals surface area (Å²) < 4.78 is 0. The lowest BCUT2D eigenvalue weighted by atomic mass is 9.76. The maximum atomic E-state index is 2.88. The van der Waals surface area contributed by atoms with E-state index >= 15 is 0 Å². The van der Waals surface area contributed by atoms with E-state index < -0.39 is 20.1 Å². The quantitative estimate of drug-likeness (QED) is 0.154. The number of nitrogens with zero attached hydrogens (tertiary/aromatic N) is 4. The Balaban J connectivity index is 0.997. The van der Waals surface area contributed by atoms with Crippen LogP contribution in [0.2, 0.25) is 0 Å². The van der Waals surface area contributed by atoms with Crippen molar-refractivity contribution in [2.75, 3.05) is 52.2 Å². The summed E-state index contributed by atoms with van der Waals surface area (Å²) in [5, 5.41) is 0. The van der Waals surface area contributed by atoms with Gasteiger partial charge in [0, 0.05) is 69.1 Å². The first-order chi connectivity index (χ1) is 32.0. The Labute approximate surface area is 394 Å². The molecule has 5 aromatic carbocycles. The molecule has 13 rings (SSSR count). The lowest BCUT2D eigenvalue weighted by molar-refractivity contribution is 0.304. The Kier molecular flexibility index (Phi) is 8.96. The number of anilines is 6. The van der Waals surface area contributed by atoms with Crippen molar-refractivity contribution in [3.8, 4) is 0 Å². The van der Waals surface area contributed by atoms with Crippen LogP contribution >= 0.6 is 20.1 Å². The van der Waals surface area contributed by atoms with Crippen LogP contribution < -0.4 is 14.7 Å². The minimum atomic E-state index is -0.946. The summed E-state index contributed by atoms with van der Waals surface area (Å²) in [6, 6.07) is 49.9. The van der Waals surface area contributed by atoms with Crippen molar-refractivity contribution in [1.29, 1.82) is 0 Å². The lowest BCUT2D eigenvalue weighted by Gasteiger charge is -2.39. The van der Waals surface area contributed by atoms with Crippen LogP contribution in [0.15, 0.2) is 227 Å². The molecule has 2 saturated heterocycles. The van der Waals surface area contributed by atoms with E-state index in [2.05, 4.69) is 251 Å². The summed E-state index contributed by atoms with van der Waals surface area (Å²) >= 11 is 0. The van der Waals surface area contributed by atoms with Crippen molar-refractivity contribution in [2.24, 2.45) is 11.8 Å². The molecule has 4 nitrogen and oxygen atoms in total. The van der Waals surface area contributed by atoms with Crippen LogP contribution in [0.3, 0.4) is 0 Å². The summed E-state index contributed by atoms with van der Waals surface area (Å²) in [6.45, 7) is 0. The second-order valence-corrected chi connectivity index (χ2v) is 29.0. The molecule has 0 aromatic heterocycles. The highest BCUT2D eigenvalue weighted by Gasteiger charge is 2.59. The van der Waals surface area contributed by atoms with Gasteiger partial charge < -0.3 is 19.6 Å². The minimum absolute atomic E-state index is 0.227. The predicted octanol–water partition coefficient (Wildman–Crippen LogP) is 14.0. The molecule has 4 aliphatic carbocycles. The zero-order chi connectivity index (χ0) is 44.6. The van der Waals surface area contributed by atoms with Crippen molar-refractivity contribution in [1.82, 2.24) is 4.90 Å². The van der Waals surface area contributed by atoms with Crippen LogP contribution in [0, 0.1) is 11.8 Å². The molecule has 0 saturated carbocycles. The fourth-order valence-corrected chi connectivity index (χ4v) is 14.8. The van der Waals surface area contributed by atoms with Gasteiger partial charge in [-0.15, -0.1) is 0 Å². The maximum absolute atomic E-state index is 2.88. The molecule has 0 amide bonds. The minimum Gasteiger partial charge on any atom is -0.356 e. The molecule has 8 aliphatic rings. The average molecular weight is 899 g/mol. The third-order valence-electron chi connectivity index (χ3n) is 15.5. The smallest absolute Gasteiger partial charge is 0.0642 e. The highest BCUT2D eigenvalue weighted by atomic mass is 32.3. The van der Waals surface area contributed by atoms with Gasteiger partial charge >= 0.3 is 0 Å². The van der Waals surface area contributed by atoms with E-state index in [9.17, 15) is 0 Å². The van der Waals surface area contributed by atoms with E-state index in [1.165, 1.54) is 72.0 Å². The zero-order valence-corrected chi connectivity index (χ0v) is 40.3. The van der Waals surface area contributed by atoms with Crippen LogP contribution in [-0.2, 0) is 0 Å². The van der Waals surface area contributed by atoms with E-state index in [1.54, 1.807) is 5.57 Å². The monoisotopic (exact) mass is 898 g/mol. The standard InChI is InChI=1S/C60H58N4S2/c1-65(2,3)43-28-32-51-50(35-43)58-53(62(41-23-15-9-16-24-41)42-25-17-10-18-26-42)34-31-46-48-38-56-49(37-55(48)63(51)60(46)58)45-30-33-52(61(39-19-11-7-12-20-39)40-21-13-8-14-22-40)57-47-29-27-44(66(4,5)6)36-54(47)64(56)59(45)57/h7-38,46-47,49-51,54,56,60H,1-6H3. The molecule has 6 heteroatoms. The van der Waals surface area contributed by atoms with Gasteiger partial charge in [-0.25, -0.2) is 20.1 Å². The van der Waals surface area contributed by atoms with Gasteiger partial charge in [0.1, 0.15) is 0 Å².